The maximum Gasteiger partial charge on any atom is 0.410 e. The molecule has 0 aliphatic carbocycles. The van der Waals surface area contributed by atoms with E-state index in [9.17, 15) is 14.7 Å². The molecule has 19 heavy (non-hydrogen) atoms. The minimum Gasteiger partial charge on any atom is -0.467 e. The van der Waals surface area contributed by atoms with Crippen LogP contribution in [0.25, 0.3) is 0 Å². The Kier molecular flexibility index (Phi) is 4.42. The second-order valence-corrected chi connectivity index (χ2v) is 5.70. The van der Waals surface area contributed by atoms with Crippen LogP contribution in [0.1, 0.15) is 27.2 Å². The van der Waals surface area contributed by atoms with Gasteiger partial charge in [-0.1, -0.05) is 0 Å². The van der Waals surface area contributed by atoms with Crippen molar-refractivity contribution in [1.82, 2.24) is 4.90 Å². The van der Waals surface area contributed by atoms with E-state index in [0.29, 0.717) is 0 Å². The van der Waals surface area contributed by atoms with Gasteiger partial charge in [0, 0.05) is 19.5 Å². The number of ether oxygens (including phenoxy) is 2. The largest absolute Gasteiger partial charge is 0.467 e. The second-order valence-electron chi connectivity index (χ2n) is 5.70. The molecule has 2 unspecified atom stereocenters. The number of nitrogens with zero attached hydrogens (tertiary/aromatic N) is 1. The van der Waals surface area contributed by atoms with E-state index in [-0.39, 0.29) is 19.5 Å². The highest BCUT2D eigenvalue weighted by atomic mass is 16.6. The number of hydrogen-bond donors (Lipinski definition) is 2. The number of likely N-dealkylation sites (tertiary alicyclic amines) is 1. The Labute approximate surface area is 112 Å². The molecule has 7 nitrogen and oxygen atoms in total. The van der Waals surface area contributed by atoms with Gasteiger partial charge in [-0.25, -0.2) is 9.59 Å². The summed E-state index contributed by atoms with van der Waals surface area (Å²) in [7, 11) is 1.19. The van der Waals surface area contributed by atoms with Gasteiger partial charge in [-0.15, -0.1) is 0 Å². The number of rotatable bonds is 1. The first-order valence-electron chi connectivity index (χ1n) is 6.14. The lowest BCUT2D eigenvalue weighted by Gasteiger charge is -2.40. The first-order valence-corrected chi connectivity index (χ1v) is 6.14. The zero-order valence-electron chi connectivity index (χ0n) is 11.8. The van der Waals surface area contributed by atoms with Gasteiger partial charge in [-0.05, 0) is 20.8 Å². The van der Waals surface area contributed by atoms with Crippen molar-refractivity contribution < 1.29 is 24.2 Å². The summed E-state index contributed by atoms with van der Waals surface area (Å²) in [6.45, 7) is 5.52. The average Bonchev–Trinajstić information content (AvgIpc) is 2.29. The Hall–Kier alpha value is -1.34. The maximum absolute atomic E-state index is 11.9. The lowest BCUT2D eigenvalue weighted by molar-refractivity contribution is -0.169. The second kappa shape index (κ2) is 5.34. The molecule has 2 atom stereocenters. The lowest BCUT2D eigenvalue weighted by atomic mass is 9.87. The monoisotopic (exact) mass is 274 g/mol. The van der Waals surface area contributed by atoms with Crippen molar-refractivity contribution >= 4 is 12.1 Å². The van der Waals surface area contributed by atoms with Crippen LogP contribution < -0.4 is 5.73 Å². The molecule has 0 aromatic rings. The summed E-state index contributed by atoms with van der Waals surface area (Å²) in [5, 5.41) is 10.2. The van der Waals surface area contributed by atoms with Crippen molar-refractivity contribution in [2.75, 3.05) is 20.2 Å². The van der Waals surface area contributed by atoms with Crippen molar-refractivity contribution in [3.63, 3.8) is 0 Å². The number of aliphatic hydroxyl groups is 1. The average molecular weight is 274 g/mol. The molecular formula is C12H22N2O5. The van der Waals surface area contributed by atoms with E-state index in [1.54, 1.807) is 20.8 Å². The molecule has 1 aliphatic heterocycles. The Morgan fingerprint density at radius 3 is 2.42 bits per heavy atom. The fourth-order valence-corrected chi connectivity index (χ4v) is 1.89. The van der Waals surface area contributed by atoms with Crippen molar-refractivity contribution in [2.24, 2.45) is 5.73 Å². The van der Waals surface area contributed by atoms with Gasteiger partial charge in [0.15, 0.2) is 5.60 Å². The maximum atomic E-state index is 11.9. The Morgan fingerprint density at radius 2 is 2.00 bits per heavy atom. The molecule has 3 N–H and O–H groups in total. The van der Waals surface area contributed by atoms with E-state index in [0.717, 1.165) is 0 Å². The third-order valence-electron chi connectivity index (χ3n) is 2.98. The summed E-state index contributed by atoms with van der Waals surface area (Å²) < 4.78 is 9.75. The van der Waals surface area contributed by atoms with Crippen LogP contribution in [-0.2, 0) is 14.3 Å². The van der Waals surface area contributed by atoms with E-state index in [1.165, 1.54) is 12.0 Å². The topological polar surface area (TPSA) is 102 Å². The number of amides is 1. The summed E-state index contributed by atoms with van der Waals surface area (Å²) in [6, 6.07) is -0.902. The molecule has 1 heterocycles. The molecule has 1 rings (SSSR count). The van der Waals surface area contributed by atoms with Crippen LogP contribution >= 0.6 is 0 Å². The highest BCUT2D eigenvalue weighted by molar-refractivity contribution is 5.81. The SMILES string of the molecule is COC(=O)C1(O)CCN(C(=O)OC(C)(C)C)CC1N. The smallest absolute Gasteiger partial charge is 0.410 e. The molecule has 0 bridgehead atoms. The van der Waals surface area contributed by atoms with Gasteiger partial charge in [-0.3, -0.25) is 0 Å². The number of carbonyl (C=O) groups excluding carboxylic acids is 2. The van der Waals surface area contributed by atoms with Crippen molar-refractivity contribution in [3.8, 4) is 0 Å². The molecule has 1 saturated heterocycles. The normalized spacial score (nSPS) is 27.9. The zero-order valence-corrected chi connectivity index (χ0v) is 11.8. The molecule has 0 spiro atoms. The van der Waals surface area contributed by atoms with Gasteiger partial charge in [0.2, 0.25) is 0 Å². The molecule has 0 radical (unpaired) electrons. The van der Waals surface area contributed by atoms with Gasteiger partial charge in [0.25, 0.3) is 0 Å². The first kappa shape index (κ1) is 15.7. The molecule has 0 saturated carbocycles. The van der Waals surface area contributed by atoms with Crippen LogP contribution in [0.5, 0.6) is 0 Å². The van der Waals surface area contributed by atoms with E-state index in [2.05, 4.69) is 4.74 Å². The number of carbonyl (C=O) groups is 2. The van der Waals surface area contributed by atoms with Crippen molar-refractivity contribution in [3.05, 3.63) is 0 Å². The van der Waals surface area contributed by atoms with Crippen LogP contribution in [-0.4, -0.2) is 59.5 Å². The summed E-state index contributed by atoms with van der Waals surface area (Å²) in [6.07, 6.45) is -0.477. The summed E-state index contributed by atoms with van der Waals surface area (Å²) in [4.78, 5) is 24.8. The number of nitrogens with two attached hydrogens (primary N) is 1. The van der Waals surface area contributed by atoms with Crippen LogP contribution in [0.4, 0.5) is 4.79 Å². The van der Waals surface area contributed by atoms with Gasteiger partial charge >= 0.3 is 12.1 Å². The number of methoxy groups -OCH3 is 1. The third kappa shape index (κ3) is 3.57. The van der Waals surface area contributed by atoms with E-state index >= 15 is 0 Å². The van der Waals surface area contributed by atoms with Gasteiger partial charge in [0.1, 0.15) is 5.60 Å². The molecule has 0 aromatic heterocycles. The summed E-state index contributed by atoms with van der Waals surface area (Å²) >= 11 is 0. The molecule has 0 aromatic carbocycles. The summed E-state index contributed by atoms with van der Waals surface area (Å²) in [5.41, 5.74) is 3.44. The third-order valence-corrected chi connectivity index (χ3v) is 2.98. The predicted octanol–water partition coefficient (Wildman–Crippen LogP) is -0.141. The minimum atomic E-state index is -1.74. The lowest BCUT2D eigenvalue weighted by Crippen LogP contribution is -2.64. The summed E-state index contributed by atoms with van der Waals surface area (Å²) in [5.74, 6) is -0.774. The van der Waals surface area contributed by atoms with Gasteiger partial charge in [0.05, 0.1) is 13.2 Å². The van der Waals surface area contributed by atoms with E-state index < -0.39 is 29.3 Å². The Bertz CT molecular complexity index is 366. The highest BCUT2D eigenvalue weighted by Gasteiger charge is 2.48. The molecule has 1 amide bonds. The van der Waals surface area contributed by atoms with Gasteiger partial charge < -0.3 is 25.2 Å². The van der Waals surface area contributed by atoms with E-state index in [4.69, 9.17) is 10.5 Å². The standard InChI is InChI=1S/C12H22N2O5/c1-11(2,3)19-10(16)14-6-5-12(17,8(13)7-14)9(15)18-4/h8,17H,5-7,13H2,1-4H3. The minimum absolute atomic E-state index is 0.0279. The first-order chi connectivity index (χ1) is 8.60. The molecule has 1 fully saturated rings. The highest BCUT2D eigenvalue weighted by Crippen LogP contribution is 2.24. The van der Waals surface area contributed by atoms with Crippen LogP contribution in [0.15, 0.2) is 0 Å². The number of piperidine rings is 1. The van der Waals surface area contributed by atoms with Crippen LogP contribution in [0.3, 0.4) is 0 Å². The fourth-order valence-electron chi connectivity index (χ4n) is 1.89. The van der Waals surface area contributed by atoms with Crippen molar-refractivity contribution in [1.29, 1.82) is 0 Å². The van der Waals surface area contributed by atoms with Crippen molar-refractivity contribution in [2.45, 2.75) is 44.4 Å². The quantitative estimate of drug-likeness (QED) is 0.645. The Balaban J connectivity index is 2.69. The zero-order chi connectivity index (χ0) is 14.8. The predicted molar refractivity (Wildman–Crippen MR) is 67.4 cm³/mol. The molecule has 110 valence electrons. The van der Waals surface area contributed by atoms with Crippen LogP contribution in [0.2, 0.25) is 0 Å². The van der Waals surface area contributed by atoms with Crippen LogP contribution in [0, 0.1) is 0 Å². The Morgan fingerprint density at radius 1 is 1.42 bits per heavy atom. The number of hydrogen-bond acceptors (Lipinski definition) is 6. The number of esters is 1. The molecular weight excluding hydrogens is 252 g/mol. The van der Waals surface area contributed by atoms with Gasteiger partial charge in [-0.2, -0.15) is 0 Å². The fraction of sp³-hybridized carbons (Fsp3) is 0.833. The molecule has 1 aliphatic rings. The molecule has 7 heteroatoms. The van der Waals surface area contributed by atoms with E-state index in [1.807, 2.05) is 0 Å².